The van der Waals surface area contributed by atoms with Crippen LogP contribution in [0.4, 0.5) is 24.8 Å². The normalized spacial score (nSPS) is 18.4. The number of carboxylic acids is 1. The molecule has 0 amide bonds. The minimum absolute atomic E-state index is 0.0591. The Balaban J connectivity index is 1.45. The SMILES string of the molecule is Cc1cc(Nc2nccc(C(F)(F)F)n2)cc(-c2ccc(OC3CCC(C(=O)O)CC3)nc2)c1. The van der Waals surface area contributed by atoms with Crippen LogP contribution in [0.5, 0.6) is 5.88 Å². The number of pyridine rings is 1. The average Bonchev–Trinajstić information content (AvgIpc) is 2.79. The van der Waals surface area contributed by atoms with E-state index in [1.54, 1.807) is 24.4 Å². The van der Waals surface area contributed by atoms with Crippen LogP contribution in [-0.2, 0) is 11.0 Å². The molecule has 2 N–H and O–H groups in total. The van der Waals surface area contributed by atoms with Crippen LogP contribution in [-0.4, -0.2) is 32.1 Å². The Morgan fingerprint density at radius 1 is 1.06 bits per heavy atom. The Kier molecular flexibility index (Phi) is 6.67. The van der Waals surface area contributed by atoms with Gasteiger partial charge in [0.15, 0.2) is 0 Å². The maximum absolute atomic E-state index is 12.9. The molecule has 0 bridgehead atoms. The number of benzene rings is 1. The number of anilines is 2. The van der Waals surface area contributed by atoms with Crippen molar-refractivity contribution in [1.29, 1.82) is 0 Å². The number of hydrogen-bond donors (Lipinski definition) is 2. The molecule has 0 unspecified atom stereocenters. The van der Waals surface area contributed by atoms with Gasteiger partial charge in [0.05, 0.1) is 5.92 Å². The monoisotopic (exact) mass is 472 g/mol. The van der Waals surface area contributed by atoms with Gasteiger partial charge in [0, 0.05) is 29.7 Å². The third-order valence-corrected chi connectivity index (χ3v) is 5.66. The molecule has 4 rings (SSSR count). The topological polar surface area (TPSA) is 97.2 Å². The van der Waals surface area contributed by atoms with Crippen LogP contribution >= 0.6 is 0 Å². The number of alkyl halides is 3. The van der Waals surface area contributed by atoms with Crippen molar-refractivity contribution in [1.82, 2.24) is 15.0 Å². The first kappa shape index (κ1) is 23.5. The molecule has 1 aliphatic rings. The first-order valence-corrected chi connectivity index (χ1v) is 10.8. The molecule has 2 aromatic heterocycles. The molecule has 1 aromatic carbocycles. The van der Waals surface area contributed by atoms with E-state index in [9.17, 15) is 18.0 Å². The highest BCUT2D eigenvalue weighted by molar-refractivity contribution is 5.71. The van der Waals surface area contributed by atoms with E-state index in [-0.39, 0.29) is 18.0 Å². The minimum Gasteiger partial charge on any atom is -0.481 e. The number of nitrogens with one attached hydrogen (secondary N) is 1. The molecular formula is C24H23F3N4O3. The fourth-order valence-electron chi connectivity index (χ4n) is 3.95. The first-order chi connectivity index (χ1) is 16.2. The van der Waals surface area contributed by atoms with Crippen molar-refractivity contribution in [3.63, 3.8) is 0 Å². The third kappa shape index (κ3) is 5.81. The summed E-state index contributed by atoms with van der Waals surface area (Å²) in [5.74, 6) is -0.745. The number of nitrogens with zero attached hydrogens (tertiary/aromatic N) is 3. The molecule has 0 atom stereocenters. The van der Waals surface area contributed by atoms with Crippen molar-refractivity contribution in [3.05, 3.63) is 60.0 Å². The van der Waals surface area contributed by atoms with Gasteiger partial charge in [-0.2, -0.15) is 13.2 Å². The van der Waals surface area contributed by atoms with Crippen molar-refractivity contribution in [3.8, 4) is 17.0 Å². The average molecular weight is 472 g/mol. The summed E-state index contributed by atoms with van der Waals surface area (Å²) in [5, 5.41) is 11.9. The summed E-state index contributed by atoms with van der Waals surface area (Å²) in [6.45, 7) is 1.88. The predicted octanol–water partition coefficient (Wildman–Crippen LogP) is 5.63. The van der Waals surface area contributed by atoms with Crippen molar-refractivity contribution < 1.29 is 27.8 Å². The van der Waals surface area contributed by atoms with E-state index in [4.69, 9.17) is 9.84 Å². The molecule has 0 spiro atoms. The highest BCUT2D eigenvalue weighted by Gasteiger charge is 2.32. The lowest BCUT2D eigenvalue weighted by Crippen LogP contribution is -2.28. The predicted molar refractivity (Wildman–Crippen MR) is 119 cm³/mol. The Morgan fingerprint density at radius 3 is 2.47 bits per heavy atom. The van der Waals surface area contributed by atoms with Gasteiger partial charge in [0.2, 0.25) is 11.8 Å². The highest BCUT2D eigenvalue weighted by atomic mass is 19.4. The second-order valence-electron chi connectivity index (χ2n) is 8.29. The molecule has 0 aliphatic heterocycles. The van der Waals surface area contributed by atoms with Crippen molar-refractivity contribution >= 4 is 17.6 Å². The lowest BCUT2D eigenvalue weighted by molar-refractivity contribution is -0.143. The highest BCUT2D eigenvalue weighted by Crippen LogP contribution is 2.31. The van der Waals surface area contributed by atoms with Gasteiger partial charge >= 0.3 is 12.1 Å². The van der Waals surface area contributed by atoms with Crippen molar-refractivity contribution in [2.45, 2.75) is 44.9 Å². The molecule has 1 aliphatic carbocycles. The summed E-state index contributed by atoms with van der Waals surface area (Å²) >= 11 is 0. The summed E-state index contributed by atoms with van der Waals surface area (Å²) in [7, 11) is 0. The fourth-order valence-corrected chi connectivity index (χ4v) is 3.95. The molecule has 3 aromatic rings. The van der Waals surface area contributed by atoms with Crippen LogP contribution in [0, 0.1) is 12.8 Å². The molecule has 0 saturated heterocycles. The molecule has 1 fully saturated rings. The summed E-state index contributed by atoms with van der Waals surface area (Å²) in [4.78, 5) is 22.9. The van der Waals surface area contributed by atoms with E-state index in [2.05, 4.69) is 20.3 Å². The summed E-state index contributed by atoms with van der Waals surface area (Å²) in [6, 6.07) is 9.92. The summed E-state index contributed by atoms with van der Waals surface area (Å²) in [6.07, 6.45) is 0.636. The van der Waals surface area contributed by atoms with Crippen LogP contribution in [0.25, 0.3) is 11.1 Å². The van der Waals surface area contributed by atoms with Crippen LogP contribution in [0.15, 0.2) is 48.8 Å². The van der Waals surface area contributed by atoms with Crippen LogP contribution in [0.1, 0.15) is 36.9 Å². The zero-order valence-electron chi connectivity index (χ0n) is 18.3. The van der Waals surface area contributed by atoms with Crippen LogP contribution in [0.2, 0.25) is 0 Å². The Hall–Kier alpha value is -3.69. The number of carbonyl (C=O) groups is 1. The lowest BCUT2D eigenvalue weighted by atomic mass is 9.87. The lowest BCUT2D eigenvalue weighted by Gasteiger charge is -2.26. The van der Waals surface area contributed by atoms with Crippen molar-refractivity contribution in [2.75, 3.05) is 5.32 Å². The molecule has 34 heavy (non-hydrogen) atoms. The second-order valence-corrected chi connectivity index (χ2v) is 8.29. The minimum atomic E-state index is -4.55. The van der Waals surface area contributed by atoms with E-state index in [0.29, 0.717) is 37.3 Å². The van der Waals surface area contributed by atoms with Gasteiger partial charge in [-0.05, 0) is 68.0 Å². The first-order valence-electron chi connectivity index (χ1n) is 10.8. The number of halogens is 3. The molecule has 7 nitrogen and oxygen atoms in total. The Morgan fingerprint density at radius 2 is 1.82 bits per heavy atom. The molecule has 2 heterocycles. The van der Waals surface area contributed by atoms with Crippen LogP contribution < -0.4 is 10.1 Å². The number of aromatic nitrogens is 3. The number of rotatable bonds is 6. The van der Waals surface area contributed by atoms with Gasteiger partial charge in [-0.15, -0.1) is 0 Å². The van der Waals surface area contributed by atoms with E-state index >= 15 is 0 Å². The molecule has 0 radical (unpaired) electrons. The number of aliphatic carboxylic acids is 1. The molecule has 1 saturated carbocycles. The quantitative estimate of drug-likeness (QED) is 0.480. The maximum atomic E-state index is 12.9. The van der Waals surface area contributed by atoms with Gasteiger partial charge in [-0.3, -0.25) is 4.79 Å². The van der Waals surface area contributed by atoms with Gasteiger partial charge in [0.1, 0.15) is 11.8 Å². The van der Waals surface area contributed by atoms with Gasteiger partial charge in [0.25, 0.3) is 0 Å². The van der Waals surface area contributed by atoms with E-state index in [1.165, 1.54) is 0 Å². The second kappa shape index (κ2) is 9.66. The summed E-state index contributed by atoms with van der Waals surface area (Å²) < 4.78 is 44.7. The van der Waals surface area contributed by atoms with E-state index < -0.39 is 17.8 Å². The molecular weight excluding hydrogens is 449 g/mol. The van der Waals surface area contributed by atoms with E-state index in [0.717, 1.165) is 29.0 Å². The molecule has 10 heteroatoms. The van der Waals surface area contributed by atoms with Gasteiger partial charge < -0.3 is 15.2 Å². The maximum Gasteiger partial charge on any atom is 0.433 e. The zero-order chi connectivity index (χ0) is 24.3. The number of aryl methyl sites for hydroxylation is 1. The fraction of sp³-hybridized carbons (Fsp3) is 0.333. The third-order valence-electron chi connectivity index (χ3n) is 5.66. The van der Waals surface area contributed by atoms with E-state index in [1.807, 2.05) is 19.1 Å². The van der Waals surface area contributed by atoms with Crippen LogP contribution in [0.3, 0.4) is 0 Å². The summed E-state index contributed by atoms with van der Waals surface area (Å²) in [5.41, 5.74) is 2.04. The zero-order valence-corrected chi connectivity index (χ0v) is 18.3. The smallest absolute Gasteiger partial charge is 0.433 e. The van der Waals surface area contributed by atoms with Gasteiger partial charge in [-0.1, -0.05) is 6.07 Å². The van der Waals surface area contributed by atoms with Crippen molar-refractivity contribution in [2.24, 2.45) is 5.92 Å². The Labute approximate surface area is 194 Å². The van der Waals surface area contributed by atoms with Gasteiger partial charge in [-0.25, -0.2) is 15.0 Å². The number of carboxylic acid groups (broad SMARTS) is 1. The Bertz CT molecular complexity index is 1160. The standard InChI is InChI=1S/C24H23F3N4O3/c1-14-10-17(12-18(11-14)30-23-28-9-8-20(31-23)24(25,26)27)16-4-7-21(29-13-16)34-19-5-2-15(3-6-19)22(32)33/h4,7-13,15,19H,2-3,5-6H2,1H3,(H,32,33)(H,28,30,31). The number of ether oxygens (including phenoxy) is 1. The molecule has 178 valence electrons. The largest absolute Gasteiger partial charge is 0.481 e. The number of hydrogen-bond acceptors (Lipinski definition) is 6.